The molecule has 5 atom stereocenters. The Bertz CT molecular complexity index is 2080. The van der Waals surface area contributed by atoms with Crippen molar-refractivity contribution in [2.45, 2.75) is 503 Å². The Kier molecular flexibility index (Phi) is 79.8. The molecule has 0 saturated carbocycles. The topological polar surface area (TPSA) is 237 Å². The molecule has 0 aromatic heterocycles. The van der Waals surface area contributed by atoms with Crippen molar-refractivity contribution in [3.05, 3.63) is 0 Å². The summed E-state index contributed by atoms with van der Waals surface area (Å²) in [4.78, 5) is 73.4. The minimum Gasteiger partial charge on any atom is -0.462 e. The fourth-order valence-corrected chi connectivity index (χ4v) is 15.7. The van der Waals surface area contributed by atoms with Gasteiger partial charge in [0.25, 0.3) is 0 Å². The van der Waals surface area contributed by atoms with Crippen LogP contribution < -0.4 is 0 Å². The monoisotopic (exact) mass is 1590 g/mol. The number of phosphoric ester groups is 2. The third-order valence-electron chi connectivity index (χ3n) is 21.2. The van der Waals surface area contributed by atoms with E-state index in [2.05, 4.69) is 41.5 Å². The van der Waals surface area contributed by atoms with Crippen molar-refractivity contribution in [1.82, 2.24) is 0 Å². The minimum atomic E-state index is -4.97. The maximum Gasteiger partial charge on any atom is 0.472 e. The van der Waals surface area contributed by atoms with Crippen molar-refractivity contribution in [2.24, 2.45) is 11.8 Å². The van der Waals surface area contributed by atoms with Crippen LogP contribution in [0.3, 0.4) is 0 Å². The van der Waals surface area contributed by atoms with Gasteiger partial charge in [0.1, 0.15) is 19.3 Å². The molecule has 109 heavy (non-hydrogen) atoms. The maximum atomic E-state index is 13.2. The summed E-state index contributed by atoms with van der Waals surface area (Å²) in [7, 11) is -9.93. The van der Waals surface area contributed by atoms with E-state index in [0.29, 0.717) is 25.7 Å². The molecule has 648 valence electrons. The SMILES string of the molecule is CCCCCCCCCCCCCCCCCCCCCCCCC(=O)O[C@H](COC(=O)CCCCCCCCCCCCCCCCCCC(C)C)COP(=O)(O)OC[C@@H](O)COP(=O)(O)OC[C@@H](COC(=O)CCCCCCCCCCCCCCC)OC(=O)CCCCCCCCCCCCCCC(C)C. The Balaban J connectivity index is 5.25. The third kappa shape index (κ3) is 83.8. The molecule has 0 aromatic rings. The van der Waals surface area contributed by atoms with Crippen LogP contribution in [0.1, 0.15) is 485 Å². The summed E-state index contributed by atoms with van der Waals surface area (Å²) < 4.78 is 69.1. The van der Waals surface area contributed by atoms with E-state index in [9.17, 15) is 43.2 Å². The number of rotatable bonds is 89. The number of carbonyl (C=O) groups is 4. The number of esters is 4. The first-order valence-corrected chi connectivity index (χ1v) is 49.5. The largest absolute Gasteiger partial charge is 0.472 e. The lowest BCUT2D eigenvalue weighted by atomic mass is 10.0. The Morgan fingerprint density at radius 1 is 0.248 bits per heavy atom. The zero-order valence-corrected chi connectivity index (χ0v) is 73.7. The van der Waals surface area contributed by atoms with Crippen LogP contribution in [-0.4, -0.2) is 96.7 Å². The van der Waals surface area contributed by atoms with E-state index in [1.165, 1.54) is 302 Å². The highest BCUT2D eigenvalue weighted by Gasteiger charge is 2.31. The highest BCUT2D eigenvalue weighted by molar-refractivity contribution is 7.47. The molecule has 0 aliphatic rings. The standard InChI is InChI=1S/C90H176O17P2/c1-7-9-11-13-15-17-19-21-22-23-24-25-26-27-28-33-37-44-50-56-62-68-74-89(94)106-85(79-101-88(93)73-67-61-55-49-43-36-32-30-29-31-35-40-46-52-58-64-70-82(3)4)80-104-108(96,97)102-76-84(91)77-103-109(98,99)105-81-86(78-100-87(92)72-66-60-54-48-42-34-20-18-16-14-12-10-8-2)107-90(95)75-69-63-57-51-45-39-38-41-47-53-59-65-71-83(5)6/h82-86,91H,7-81H2,1-6H3,(H,96,97)(H,98,99)/t84-,85-,86-/m1/s1. The van der Waals surface area contributed by atoms with Crippen molar-refractivity contribution in [3.8, 4) is 0 Å². The van der Waals surface area contributed by atoms with Gasteiger partial charge in [0.15, 0.2) is 12.2 Å². The van der Waals surface area contributed by atoms with Gasteiger partial charge in [-0.2, -0.15) is 0 Å². The summed E-state index contributed by atoms with van der Waals surface area (Å²) in [6.07, 6.45) is 75.0. The highest BCUT2D eigenvalue weighted by atomic mass is 31.2. The number of aliphatic hydroxyl groups excluding tert-OH is 1. The first kappa shape index (κ1) is 107. The summed E-state index contributed by atoms with van der Waals surface area (Å²) in [6, 6.07) is 0. The van der Waals surface area contributed by atoms with E-state index in [0.717, 1.165) is 102 Å². The lowest BCUT2D eigenvalue weighted by Crippen LogP contribution is -2.30. The van der Waals surface area contributed by atoms with Gasteiger partial charge >= 0.3 is 39.5 Å². The molecular weight excluding hydrogens is 1410 g/mol. The van der Waals surface area contributed by atoms with Crippen LogP contribution in [0.5, 0.6) is 0 Å². The Morgan fingerprint density at radius 2 is 0.422 bits per heavy atom. The quantitative estimate of drug-likeness (QED) is 0.0222. The van der Waals surface area contributed by atoms with Gasteiger partial charge in [0.05, 0.1) is 26.4 Å². The first-order valence-electron chi connectivity index (χ1n) is 46.5. The van der Waals surface area contributed by atoms with Gasteiger partial charge in [0.2, 0.25) is 0 Å². The molecule has 17 nitrogen and oxygen atoms in total. The zero-order chi connectivity index (χ0) is 79.9. The predicted octanol–water partition coefficient (Wildman–Crippen LogP) is 27.8. The lowest BCUT2D eigenvalue weighted by Gasteiger charge is -2.21. The number of hydrogen-bond acceptors (Lipinski definition) is 15. The van der Waals surface area contributed by atoms with Gasteiger partial charge < -0.3 is 33.8 Å². The number of unbranched alkanes of at least 4 members (excludes halogenated alkanes) is 59. The Hall–Kier alpha value is -1.94. The van der Waals surface area contributed by atoms with Crippen molar-refractivity contribution in [3.63, 3.8) is 0 Å². The van der Waals surface area contributed by atoms with E-state index in [-0.39, 0.29) is 25.7 Å². The molecule has 0 heterocycles. The van der Waals surface area contributed by atoms with Crippen LogP contribution in [0.25, 0.3) is 0 Å². The van der Waals surface area contributed by atoms with E-state index in [1.54, 1.807) is 0 Å². The second-order valence-corrected chi connectivity index (χ2v) is 36.2. The van der Waals surface area contributed by atoms with Gasteiger partial charge in [-0.3, -0.25) is 37.3 Å². The molecule has 0 aliphatic heterocycles. The average molecular weight is 1590 g/mol. The van der Waals surface area contributed by atoms with Crippen molar-refractivity contribution in [1.29, 1.82) is 0 Å². The molecule has 0 spiro atoms. The molecule has 0 fully saturated rings. The van der Waals surface area contributed by atoms with Crippen molar-refractivity contribution < 1.29 is 80.2 Å². The normalized spacial score (nSPS) is 13.8. The van der Waals surface area contributed by atoms with Crippen LogP contribution >= 0.6 is 15.6 Å². The first-order chi connectivity index (χ1) is 52.9. The summed E-state index contributed by atoms with van der Waals surface area (Å²) >= 11 is 0. The molecule has 0 radical (unpaired) electrons. The molecule has 0 amide bonds. The van der Waals surface area contributed by atoms with Gasteiger partial charge in [-0.15, -0.1) is 0 Å². The summed E-state index contributed by atoms with van der Waals surface area (Å²) in [5.41, 5.74) is 0. The highest BCUT2D eigenvalue weighted by Crippen LogP contribution is 2.45. The fourth-order valence-electron chi connectivity index (χ4n) is 14.1. The summed E-state index contributed by atoms with van der Waals surface area (Å²) in [6.45, 7) is 9.74. The smallest absolute Gasteiger partial charge is 0.462 e. The second kappa shape index (κ2) is 81.2. The lowest BCUT2D eigenvalue weighted by molar-refractivity contribution is -0.161. The molecule has 0 rings (SSSR count). The number of aliphatic hydroxyl groups is 1. The van der Waals surface area contributed by atoms with Gasteiger partial charge in [-0.05, 0) is 37.5 Å². The van der Waals surface area contributed by atoms with Crippen molar-refractivity contribution >= 4 is 39.5 Å². The molecular formula is C90H176O17P2. The van der Waals surface area contributed by atoms with Gasteiger partial charge in [0, 0.05) is 25.7 Å². The summed E-state index contributed by atoms with van der Waals surface area (Å²) in [5.74, 6) is -0.507. The summed E-state index contributed by atoms with van der Waals surface area (Å²) in [5, 5.41) is 10.7. The predicted molar refractivity (Wildman–Crippen MR) is 451 cm³/mol. The Morgan fingerprint density at radius 3 is 0.624 bits per heavy atom. The van der Waals surface area contributed by atoms with E-state index in [1.807, 2.05) is 0 Å². The maximum absolute atomic E-state index is 13.2. The third-order valence-corrected chi connectivity index (χ3v) is 23.1. The Labute approximate surface area is 670 Å². The molecule has 0 bridgehead atoms. The van der Waals surface area contributed by atoms with Crippen LogP contribution in [0, 0.1) is 11.8 Å². The number of hydrogen-bond donors (Lipinski definition) is 3. The molecule has 2 unspecified atom stereocenters. The van der Waals surface area contributed by atoms with Crippen molar-refractivity contribution in [2.75, 3.05) is 39.6 Å². The van der Waals surface area contributed by atoms with Crippen LogP contribution in [-0.2, 0) is 65.4 Å². The van der Waals surface area contributed by atoms with Gasteiger partial charge in [-0.25, -0.2) is 9.13 Å². The van der Waals surface area contributed by atoms with E-state index >= 15 is 0 Å². The van der Waals surface area contributed by atoms with E-state index in [4.69, 9.17) is 37.0 Å². The molecule has 0 aliphatic carbocycles. The molecule has 3 N–H and O–H groups in total. The molecule has 0 aromatic carbocycles. The minimum absolute atomic E-state index is 0.108. The number of phosphoric acid groups is 2. The molecule has 19 heteroatoms. The number of ether oxygens (including phenoxy) is 4. The molecule has 0 saturated heterocycles. The van der Waals surface area contributed by atoms with E-state index < -0.39 is 97.5 Å². The second-order valence-electron chi connectivity index (χ2n) is 33.3. The van der Waals surface area contributed by atoms with Crippen LogP contribution in [0.2, 0.25) is 0 Å². The van der Waals surface area contributed by atoms with Crippen LogP contribution in [0.4, 0.5) is 0 Å². The van der Waals surface area contributed by atoms with Gasteiger partial charge in [-0.1, -0.05) is 433 Å². The fraction of sp³-hybridized carbons (Fsp3) is 0.956. The number of carbonyl (C=O) groups excluding carboxylic acids is 4. The zero-order valence-electron chi connectivity index (χ0n) is 71.9. The van der Waals surface area contributed by atoms with Crippen LogP contribution in [0.15, 0.2) is 0 Å². The average Bonchev–Trinajstić information content (AvgIpc) is 0.898.